The fourth-order valence-corrected chi connectivity index (χ4v) is 6.59. The highest BCUT2D eigenvalue weighted by atomic mass is 79.9. The van der Waals surface area contributed by atoms with Gasteiger partial charge in [0.1, 0.15) is 11.5 Å². The van der Waals surface area contributed by atoms with Crippen molar-refractivity contribution in [2.45, 2.75) is 0 Å². The van der Waals surface area contributed by atoms with Crippen LogP contribution in [0.1, 0.15) is 0 Å². The number of aryl methyl sites for hydroxylation is 1. The Kier molecular flexibility index (Phi) is 8.20. The topological polar surface area (TPSA) is 135 Å². The van der Waals surface area contributed by atoms with Gasteiger partial charge in [-0.2, -0.15) is 0 Å². The van der Waals surface area contributed by atoms with Gasteiger partial charge in [0.05, 0.1) is 68.7 Å². The maximum Gasteiger partial charge on any atom is 0.334 e. The maximum absolute atomic E-state index is 14.3. The zero-order valence-corrected chi connectivity index (χ0v) is 28.9. The Labute approximate surface area is 290 Å². The second-order valence-electron chi connectivity index (χ2n) is 10.6. The SMILES string of the molecule is COc1cc2ncc3[nH]c(=O)n(-c4ncccc4F)c3c2cc1Br.COc1cc2ncc3c(c2cc1Br)n(-c1ncccc1F)c(=O)n3C. The van der Waals surface area contributed by atoms with Gasteiger partial charge >= 0.3 is 11.4 Å². The molecule has 0 saturated heterocycles. The van der Waals surface area contributed by atoms with Crippen molar-refractivity contribution in [2.75, 3.05) is 14.2 Å². The molecule has 0 aliphatic heterocycles. The molecule has 0 fully saturated rings. The monoisotopic (exact) mass is 790 g/mol. The smallest absolute Gasteiger partial charge is 0.334 e. The zero-order chi connectivity index (χ0) is 34.6. The van der Waals surface area contributed by atoms with E-state index in [-0.39, 0.29) is 11.6 Å². The normalized spacial score (nSPS) is 11.3. The minimum Gasteiger partial charge on any atom is -0.495 e. The van der Waals surface area contributed by atoms with Crippen LogP contribution in [-0.2, 0) is 7.05 Å². The highest BCUT2D eigenvalue weighted by Crippen LogP contribution is 2.34. The van der Waals surface area contributed by atoms with Crippen LogP contribution >= 0.6 is 31.9 Å². The molecule has 49 heavy (non-hydrogen) atoms. The van der Waals surface area contributed by atoms with E-state index >= 15 is 0 Å². The molecule has 1 N–H and O–H groups in total. The third kappa shape index (κ3) is 5.32. The number of rotatable bonds is 4. The average Bonchev–Trinajstić information content (AvgIpc) is 3.57. The van der Waals surface area contributed by atoms with Crippen LogP contribution in [0.25, 0.3) is 55.5 Å². The summed E-state index contributed by atoms with van der Waals surface area (Å²) < 4.78 is 44.4. The van der Waals surface area contributed by atoms with Gasteiger partial charge in [0, 0.05) is 42.3 Å². The van der Waals surface area contributed by atoms with E-state index in [1.165, 1.54) is 56.6 Å². The first kappa shape index (κ1) is 32.1. The summed E-state index contributed by atoms with van der Waals surface area (Å²) in [6.07, 6.45) is 6.01. The first-order chi connectivity index (χ1) is 23.6. The molecule has 6 aromatic heterocycles. The van der Waals surface area contributed by atoms with E-state index in [4.69, 9.17) is 9.47 Å². The van der Waals surface area contributed by atoms with E-state index < -0.39 is 23.0 Å². The Morgan fingerprint density at radius 2 is 1.27 bits per heavy atom. The average molecular weight is 792 g/mol. The van der Waals surface area contributed by atoms with Crippen LogP contribution in [0.5, 0.6) is 11.5 Å². The molecule has 0 saturated carbocycles. The molecule has 0 amide bonds. The minimum atomic E-state index is -0.585. The van der Waals surface area contributed by atoms with Crippen LogP contribution in [0.3, 0.4) is 0 Å². The molecule has 8 aromatic rings. The van der Waals surface area contributed by atoms with Gasteiger partial charge in [0.25, 0.3) is 0 Å². The van der Waals surface area contributed by atoms with Gasteiger partial charge in [-0.25, -0.2) is 37.5 Å². The third-order valence-corrected chi connectivity index (χ3v) is 9.08. The molecule has 8 rings (SSSR count). The van der Waals surface area contributed by atoms with E-state index in [9.17, 15) is 18.4 Å². The Morgan fingerprint density at radius 3 is 1.82 bits per heavy atom. The number of methoxy groups -OCH3 is 2. The van der Waals surface area contributed by atoms with Gasteiger partial charge in [0.15, 0.2) is 23.3 Å². The number of hydrogen-bond donors (Lipinski definition) is 1. The lowest BCUT2D eigenvalue weighted by Crippen LogP contribution is -2.22. The maximum atomic E-state index is 14.3. The molecule has 6 heterocycles. The summed E-state index contributed by atoms with van der Waals surface area (Å²) in [5.74, 6) is -0.0330. The number of nitrogens with zero attached hydrogens (tertiary/aromatic N) is 7. The summed E-state index contributed by atoms with van der Waals surface area (Å²) >= 11 is 6.87. The van der Waals surface area contributed by atoms with Crippen molar-refractivity contribution >= 4 is 75.7 Å². The molecule has 12 nitrogen and oxygen atoms in total. The highest BCUT2D eigenvalue weighted by Gasteiger charge is 2.21. The van der Waals surface area contributed by atoms with E-state index in [2.05, 4.69) is 56.8 Å². The molecule has 0 aliphatic carbocycles. The first-order valence-corrected chi connectivity index (χ1v) is 15.9. The quantitative estimate of drug-likeness (QED) is 0.218. The summed E-state index contributed by atoms with van der Waals surface area (Å²) in [6, 6.07) is 12.6. The van der Waals surface area contributed by atoms with Gasteiger partial charge in [-0.15, -0.1) is 0 Å². The van der Waals surface area contributed by atoms with Crippen LogP contribution in [-0.4, -0.2) is 52.8 Å². The van der Waals surface area contributed by atoms with Crippen molar-refractivity contribution in [2.24, 2.45) is 7.05 Å². The molecule has 0 radical (unpaired) electrons. The number of hydrogen-bond acceptors (Lipinski definition) is 8. The Morgan fingerprint density at radius 1 is 0.735 bits per heavy atom. The summed E-state index contributed by atoms with van der Waals surface area (Å²) in [5, 5.41) is 1.36. The number of aromatic nitrogens is 8. The molecule has 246 valence electrons. The third-order valence-electron chi connectivity index (χ3n) is 7.84. The number of pyridine rings is 4. The second kappa shape index (κ2) is 12.5. The lowest BCUT2D eigenvalue weighted by molar-refractivity contribution is 0.412. The number of halogens is 4. The molecule has 0 atom stereocenters. The predicted octanol–water partition coefficient (Wildman–Crippen LogP) is 6.35. The van der Waals surface area contributed by atoms with E-state index in [1.807, 2.05) is 0 Å². The van der Waals surface area contributed by atoms with E-state index in [0.717, 1.165) is 0 Å². The number of imidazole rings is 2. The van der Waals surface area contributed by atoms with Gasteiger partial charge < -0.3 is 14.5 Å². The van der Waals surface area contributed by atoms with Crippen LogP contribution in [0, 0.1) is 11.6 Å². The standard InChI is InChI=1S/C17H12BrFN4O2.C16H10BrFN4O2/c1-22-13-8-21-12-7-14(25-2)10(18)6-9(12)15(13)23(17(22)24)16-11(19)4-3-5-20-16;1-24-13-6-11-8(5-9(13)17)14-12(7-20-11)21-16(23)22(14)15-10(18)3-2-4-19-15/h3-8H,1-2H3;2-7H,1H3,(H,21,23). The van der Waals surface area contributed by atoms with Gasteiger partial charge in [-0.05, 0) is 68.3 Å². The highest BCUT2D eigenvalue weighted by molar-refractivity contribution is 9.11. The van der Waals surface area contributed by atoms with Crippen molar-refractivity contribution in [3.63, 3.8) is 0 Å². The zero-order valence-electron chi connectivity index (χ0n) is 25.7. The van der Waals surface area contributed by atoms with Gasteiger partial charge in [-0.3, -0.25) is 14.5 Å². The van der Waals surface area contributed by atoms with Crippen LogP contribution in [0.2, 0.25) is 0 Å². The number of fused-ring (bicyclic) bond motifs is 6. The summed E-state index contributed by atoms with van der Waals surface area (Å²) in [5.41, 5.74) is 2.49. The number of ether oxygens (including phenoxy) is 2. The molecule has 2 aromatic carbocycles. The molecule has 16 heteroatoms. The number of nitrogens with one attached hydrogen (secondary N) is 1. The summed E-state index contributed by atoms with van der Waals surface area (Å²) in [4.78, 5) is 44.6. The van der Waals surface area contributed by atoms with Crippen molar-refractivity contribution < 1.29 is 18.3 Å². The van der Waals surface area contributed by atoms with E-state index in [1.54, 1.807) is 51.7 Å². The van der Waals surface area contributed by atoms with Crippen molar-refractivity contribution in [3.8, 4) is 23.1 Å². The van der Waals surface area contributed by atoms with Gasteiger partial charge in [-0.1, -0.05) is 0 Å². The van der Waals surface area contributed by atoms with Crippen LogP contribution in [0.15, 0.2) is 91.9 Å². The predicted molar refractivity (Wildman–Crippen MR) is 187 cm³/mol. The summed E-state index contributed by atoms with van der Waals surface area (Å²) in [7, 11) is 4.74. The lowest BCUT2D eigenvalue weighted by atomic mass is 10.2. The van der Waals surface area contributed by atoms with Crippen LogP contribution < -0.4 is 20.9 Å². The Hall–Kier alpha value is -5.48. The van der Waals surface area contributed by atoms with Crippen molar-refractivity contribution in [1.29, 1.82) is 0 Å². The number of aromatic amines is 1. The first-order valence-electron chi connectivity index (χ1n) is 14.3. The molecule has 0 unspecified atom stereocenters. The molecule has 0 aliphatic rings. The van der Waals surface area contributed by atoms with Crippen LogP contribution in [0.4, 0.5) is 8.78 Å². The molecular formula is C33H22Br2F2N8O4. The number of H-pyrrole nitrogens is 1. The fraction of sp³-hybridized carbons (Fsp3) is 0.0909. The number of benzene rings is 2. The largest absolute Gasteiger partial charge is 0.495 e. The Bertz CT molecular complexity index is 2720. The van der Waals surface area contributed by atoms with E-state index in [0.29, 0.717) is 64.3 Å². The second-order valence-corrected chi connectivity index (χ2v) is 12.3. The van der Waals surface area contributed by atoms with Crippen molar-refractivity contribution in [3.05, 3.63) is 115 Å². The molecular weight excluding hydrogens is 770 g/mol. The summed E-state index contributed by atoms with van der Waals surface area (Å²) in [6.45, 7) is 0. The lowest BCUT2D eigenvalue weighted by Gasteiger charge is -2.08. The van der Waals surface area contributed by atoms with Crippen molar-refractivity contribution in [1.82, 2.24) is 38.6 Å². The Balaban J connectivity index is 0.000000154. The van der Waals surface area contributed by atoms with Gasteiger partial charge in [0.2, 0.25) is 0 Å². The minimum absolute atomic E-state index is 0.0439. The molecule has 0 spiro atoms. The fourth-order valence-electron chi connectivity index (χ4n) is 5.58. The molecule has 0 bridgehead atoms.